The van der Waals surface area contributed by atoms with Crippen LogP contribution < -0.4 is 10.1 Å². The van der Waals surface area contributed by atoms with E-state index in [1.807, 2.05) is 24.0 Å². The number of carbonyl (C=O) groups excluding carboxylic acids is 1. The number of urea groups is 1. The zero-order valence-electron chi connectivity index (χ0n) is 12.6. The van der Waals surface area contributed by atoms with Gasteiger partial charge < -0.3 is 9.64 Å². The number of benzene rings is 1. The number of amides is 2. The highest BCUT2D eigenvalue weighted by molar-refractivity contribution is 5.88. The third kappa shape index (κ3) is 2.72. The second-order valence-corrected chi connectivity index (χ2v) is 5.19. The van der Waals surface area contributed by atoms with E-state index in [9.17, 15) is 4.79 Å². The van der Waals surface area contributed by atoms with Gasteiger partial charge in [0.1, 0.15) is 12.1 Å². The first kappa shape index (κ1) is 14.3. The zero-order valence-corrected chi connectivity index (χ0v) is 12.6. The van der Waals surface area contributed by atoms with E-state index in [4.69, 9.17) is 4.74 Å². The summed E-state index contributed by atoms with van der Waals surface area (Å²) in [5.74, 6) is 0.852. The van der Waals surface area contributed by atoms with Crippen molar-refractivity contribution in [2.24, 2.45) is 0 Å². The summed E-state index contributed by atoms with van der Waals surface area (Å²) in [5, 5.41) is 2.80. The minimum atomic E-state index is -0.164. The SMILES string of the molecule is COc1cc(NC(=O)N2CCc3ccccc3[C@@H]2C)ncn1. The standard InChI is InChI=1S/C16H18N4O2/c1-11-13-6-4-3-5-12(13)7-8-20(11)16(21)19-14-9-15(22-2)18-10-17-14/h3-6,9-11H,7-8H2,1-2H3,(H,17,18,19,21)/t11-/m0/s1. The summed E-state index contributed by atoms with van der Waals surface area (Å²) in [7, 11) is 1.53. The quantitative estimate of drug-likeness (QED) is 0.925. The number of aromatic nitrogens is 2. The highest BCUT2D eigenvalue weighted by Gasteiger charge is 2.27. The van der Waals surface area contributed by atoms with Crippen LogP contribution in [0.1, 0.15) is 24.1 Å². The smallest absolute Gasteiger partial charge is 0.323 e. The molecular formula is C16H18N4O2. The van der Waals surface area contributed by atoms with Crippen LogP contribution in [-0.4, -0.2) is 34.6 Å². The van der Waals surface area contributed by atoms with Gasteiger partial charge in [0, 0.05) is 12.6 Å². The van der Waals surface area contributed by atoms with Crippen molar-refractivity contribution in [2.75, 3.05) is 19.0 Å². The molecule has 1 N–H and O–H groups in total. The van der Waals surface area contributed by atoms with Crippen molar-refractivity contribution in [3.63, 3.8) is 0 Å². The summed E-state index contributed by atoms with van der Waals surface area (Å²) in [6.45, 7) is 2.73. The molecule has 2 heterocycles. The molecule has 1 atom stereocenters. The third-order valence-corrected chi connectivity index (χ3v) is 3.94. The molecule has 0 saturated heterocycles. The van der Waals surface area contributed by atoms with E-state index in [0.29, 0.717) is 18.2 Å². The highest BCUT2D eigenvalue weighted by atomic mass is 16.5. The molecule has 0 radical (unpaired) electrons. The molecule has 1 aromatic heterocycles. The van der Waals surface area contributed by atoms with Gasteiger partial charge in [-0.05, 0) is 24.5 Å². The highest BCUT2D eigenvalue weighted by Crippen LogP contribution is 2.29. The Labute approximate surface area is 129 Å². The van der Waals surface area contributed by atoms with E-state index in [1.54, 1.807) is 6.07 Å². The van der Waals surface area contributed by atoms with E-state index in [1.165, 1.54) is 24.6 Å². The number of rotatable bonds is 2. The van der Waals surface area contributed by atoms with Crippen LogP contribution in [0.15, 0.2) is 36.7 Å². The molecule has 0 unspecified atom stereocenters. The number of methoxy groups -OCH3 is 1. The summed E-state index contributed by atoms with van der Waals surface area (Å²) in [4.78, 5) is 22.3. The van der Waals surface area contributed by atoms with Crippen molar-refractivity contribution in [1.29, 1.82) is 0 Å². The van der Waals surface area contributed by atoms with E-state index < -0.39 is 0 Å². The Kier molecular flexibility index (Phi) is 3.91. The lowest BCUT2D eigenvalue weighted by atomic mass is 9.94. The van der Waals surface area contributed by atoms with Gasteiger partial charge in [0.2, 0.25) is 5.88 Å². The first-order valence-electron chi connectivity index (χ1n) is 7.20. The Bertz CT molecular complexity index is 689. The van der Waals surface area contributed by atoms with Gasteiger partial charge in [-0.2, -0.15) is 0 Å². The fourth-order valence-corrected chi connectivity index (χ4v) is 2.75. The maximum Gasteiger partial charge on any atom is 0.323 e. The van der Waals surface area contributed by atoms with Crippen molar-refractivity contribution in [2.45, 2.75) is 19.4 Å². The fraction of sp³-hybridized carbons (Fsp3) is 0.312. The monoisotopic (exact) mass is 298 g/mol. The predicted molar refractivity (Wildman–Crippen MR) is 82.9 cm³/mol. The van der Waals surface area contributed by atoms with E-state index in [2.05, 4.69) is 27.4 Å². The van der Waals surface area contributed by atoms with Gasteiger partial charge in [0.05, 0.1) is 13.2 Å². The van der Waals surface area contributed by atoms with Gasteiger partial charge in [0.25, 0.3) is 0 Å². The Balaban J connectivity index is 1.76. The molecule has 1 aliphatic rings. The van der Waals surface area contributed by atoms with Crippen LogP contribution in [0.5, 0.6) is 5.88 Å². The normalized spacial score (nSPS) is 16.8. The van der Waals surface area contributed by atoms with Crippen LogP contribution in [0.4, 0.5) is 10.6 Å². The predicted octanol–water partition coefficient (Wildman–Crippen LogP) is 2.64. The Hall–Kier alpha value is -2.63. The lowest BCUT2D eigenvalue weighted by Crippen LogP contribution is -2.41. The van der Waals surface area contributed by atoms with Gasteiger partial charge in [-0.1, -0.05) is 24.3 Å². The minimum Gasteiger partial charge on any atom is -0.481 e. The maximum atomic E-state index is 12.5. The zero-order chi connectivity index (χ0) is 15.5. The molecule has 0 saturated carbocycles. The number of anilines is 1. The molecule has 2 aromatic rings. The van der Waals surface area contributed by atoms with Crippen molar-refractivity contribution in [3.05, 3.63) is 47.8 Å². The molecule has 3 rings (SSSR count). The Morgan fingerprint density at radius 3 is 3.00 bits per heavy atom. The van der Waals surface area contributed by atoms with Crippen LogP contribution in [0, 0.1) is 0 Å². The number of nitrogens with zero attached hydrogens (tertiary/aromatic N) is 3. The molecule has 1 aliphatic heterocycles. The number of nitrogens with one attached hydrogen (secondary N) is 1. The largest absolute Gasteiger partial charge is 0.481 e. The summed E-state index contributed by atoms with van der Waals surface area (Å²) < 4.78 is 5.03. The topological polar surface area (TPSA) is 67.3 Å². The molecule has 0 spiro atoms. The minimum absolute atomic E-state index is 0.0358. The number of ether oxygens (including phenoxy) is 1. The Morgan fingerprint density at radius 1 is 1.36 bits per heavy atom. The molecular weight excluding hydrogens is 280 g/mol. The van der Waals surface area contributed by atoms with Gasteiger partial charge in [-0.25, -0.2) is 14.8 Å². The maximum absolute atomic E-state index is 12.5. The second kappa shape index (κ2) is 6.01. The summed E-state index contributed by atoms with van der Waals surface area (Å²) in [6.07, 6.45) is 2.23. The van der Waals surface area contributed by atoms with E-state index >= 15 is 0 Å². The van der Waals surface area contributed by atoms with Crippen molar-refractivity contribution in [1.82, 2.24) is 14.9 Å². The van der Waals surface area contributed by atoms with Crippen LogP contribution in [0.3, 0.4) is 0 Å². The fourth-order valence-electron chi connectivity index (χ4n) is 2.75. The second-order valence-electron chi connectivity index (χ2n) is 5.19. The van der Waals surface area contributed by atoms with Crippen LogP contribution in [-0.2, 0) is 6.42 Å². The molecule has 22 heavy (non-hydrogen) atoms. The van der Waals surface area contributed by atoms with Crippen LogP contribution in [0.2, 0.25) is 0 Å². The molecule has 0 fully saturated rings. The first-order valence-corrected chi connectivity index (χ1v) is 7.20. The molecule has 114 valence electrons. The molecule has 6 heteroatoms. The molecule has 1 aromatic carbocycles. The van der Waals surface area contributed by atoms with Gasteiger partial charge >= 0.3 is 6.03 Å². The van der Waals surface area contributed by atoms with Crippen molar-refractivity contribution >= 4 is 11.8 Å². The van der Waals surface area contributed by atoms with E-state index in [0.717, 1.165) is 6.42 Å². The molecule has 0 aliphatic carbocycles. The van der Waals surface area contributed by atoms with Gasteiger partial charge in [-0.3, -0.25) is 5.32 Å². The number of hydrogen-bond acceptors (Lipinski definition) is 4. The average Bonchev–Trinajstić information content (AvgIpc) is 2.55. The summed E-state index contributed by atoms with van der Waals surface area (Å²) in [6, 6.07) is 9.71. The number of hydrogen-bond donors (Lipinski definition) is 1. The lowest BCUT2D eigenvalue weighted by Gasteiger charge is -2.35. The van der Waals surface area contributed by atoms with Crippen molar-refractivity contribution in [3.8, 4) is 5.88 Å². The Morgan fingerprint density at radius 2 is 2.18 bits per heavy atom. The van der Waals surface area contributed by atoms with Crippen LogP contribution >= 0.6 is 0 Å². The lowest BCUT2D eigenvalue weighted by molar-refractivity contribution is 0.188. The summed E-state index contributed by atoms with van der Waals surface area (Å²) in [5.41, 5.74) is 2.51. The summed E-state index contributed by atoms with van der Waals surface area (Å²) >= 11 is 0. The average molecular weight is 298 g/mol. The first-order chi connectivity index (χ1) is 10.7. The number of fused-ring (bicyclic) bond motifs is 1. The van der Waals surface area contributed by atoms with Crippen LogP contribution in [0.25, 0.3) is 0 Å². The third-order valence-electron chi connectivity index (χ3n) is 3.94. The van der Waals surface area contributed by atoms with Crippen molar-refractivity contribution < 1.29 is 9.53 Å². The number of carbonyl (C=O) groups is 1. The molecule has 0 bridgehead atoms. The van der Waals surface area contributed by atoms with Gasteiger partial charge in [-0.15, -0.1) is 0 Å². The molecule has 6 nitrogen and oxygen atoms in total. The van der Waals surface area contributed by atoms with Gasteiger partial charge in [0.15, 0.2) is 0 Å². The molecule has 2 amide bonds. The van der Waals surface area contributed by atoms with E-state index in [-0.39, 0.29) is 12.1 Å².